The van der Waals surface area contributed by atoms with E-state index in [0.717, 1.165) is 5.56 Å². The zero-order valence-corrected chi connectivity index (χ0v) is 20.4. The van der Waals surface area contributed by atoms with E-state index in [9.17, 15) is 24.2 Å². The van der Waals surface area contributed by atoms with Crippen LogP contribution in [0.15, 0.2) is 48.9 Å². The van der Waals surface area contributed by atoms with Crippen LogP contribution in [0.5, 0.6) is 0 Å². The van der Waals surface area contributed by atoms with E-state index in [4.69, 9.17) is 19.0 Å². The fourth-order valence-electron chi connectivity index (χ4n) is 3.93. The molecule has 4 rings (SSSR count). The van der Waals surface area contributed by atoms with Gasteiger partial charge in [-0.2, -0.15) is 0 Å². The second kappa shape index (κ2) is 10.1. The molecule has 1 saturated heterocycles. The molecule has 1 aliphatic heterocycles. The minimum atomic E-state index is -4.80. The summed E-state index contributed by atoms with van der Waals surface area (Å²) in [6.45, 7) is -0.0852. The Hall–Kier alpha value is -2.18. The Labute approximate surface area is 200 Å². The number of aromatic nitrogens is 3. The Morgan fingerprint density at radius 1 is 1.11 bits per heavy atom. The molecule has 1 aromatic carbocycles. The Morgan fingerprint density at radius 3 is 2.51 bits per heavy atom. The third-order valence-electron chi connectivity index (χ3n) is 5.52. The number of aliphatic hydroxyl groups is 2. The molecule has 0 saturated carbocycles. The number of fused-ring (bicyclic) bond motifs is 1. The van der Waals surface area contributed by atoms with Gasteiger partial charge in [0.1, 0.15) is 24.4 Å². The maximum Gasteiger partial charge on any atom is 0.340 e. The molecule has 3 heterocycles. The van der Waals surface area contributed by atoms with Crippen molar-refractivity contribution >= 4 is 26.7 Å². The van der Waals surface area contributed by atoms with Gasteiger partial charge in [-0.1, -0.05) is 30.3 Å². The molecule has 1 fully saturated rings. The number of ether oxygens (including phenoxy) is 1. The lowest BCUT2D eigenvalue weighted by molar-refractivity contribution is -0.0201. The van der Waals surface area contributed by atoms with Crippen molar-refractivity contribution in [1.82, 2.24) is 14.4 Å². The maximum absolute atomic E-state index is 11.9. The van der Waals surface area contributed by atoms with Crippen LogP contribution in [0.25, 0.3) is 5.65 Å². The molecule has 5 N–H and O–H groups in total. The third kappa shape index (κ3) is 5.97. The van der Waals surface area contributed by atoms with E-state index >= 15 is 0 Å². The van der Waals surface area contributed by atoms with Crippen LogP contribution < -0.4 is 4.90 Å². The lowest BCUT2D eigenvalue weighted by Crippen LogP contribution is -2.33. The van der Waals surface area contributed by atoms with Crippen molar-refractivity contribution in [3.8, 4) is 0 Å². The van der Waals surface area contributed by atoms with Crippen molar-refractivity contribution in [2.45, 2.75) is 31.0 Å². The first-order chi connectivity index (χ1) is 16.5. The number of hydrogen-bond donors (Lipinski definition) is 5. The van der Waals surface area contributed by atoms with Gasteiger partial charge in [0.15, 0.2) is 17.4 Å². The molecule has 5 atom stereocenters. The van der Waals surface area contributed by atoms with Gasteiger partial charge in [0.2, 0.25) is 0 Å². The fraction of sp³-hybridized carbons (Fsp3) is 0.400. The number of anilines is 1. The Bertz CT molecular complexity index is 1270. The number of nitrogens with zero attached hydrogens (tertiary/aromatic N) is 4. The summed E-state index contributed by atoms with van der Waals surface area (Å²) in [5.41, 5.74) is 1.98. The zero-order chi connectivity index (χ0) is 25.4. The summed E-state index contributed by atoms with van der Waals surface area (Å²) in [5.74, 6) is -0.789. The highest BCUT2D eigenvalue weighted by Gasteiger charge is 2.46. The van der Waals surface area contributed by atoms with Crippen LogP contribution >= 0.6 is 15.2 Å². The van der Waals surface area contributed by atoms with Crippen molar-refractivity contribution in [1.29, 1.82) is 0 Å². The number of rotatable bonds is 9. The lowest BCUT2D eigenvalue weighted by atomic mass is 10.1. The van der Waals surface area contributed by atoms with Gasteiger partial charge in [-0.15, -0.1) is 0 Å². The molecular formula is C20H26N4O9P2. The van der Waals surface area contributed by atoms with Crippen LogP contribution in [0.2, 0.25) is 0 Å². The van der Waals surface area contributed by atoms with Crippen molar-refractivity contribution in [3.05, 3.63) is 60.2 Å². The van der Waals surface area contributed by atoms with E-state index in [2.05, 4.69) is 9.97 Å². The predicted octanol–water partition coefficient (Wildman–Crippen LogP) is 0.865. The van der Waals surface area contributed by atoms with E-state index in [1.807, 2.05) is 42.3 Å². The minimum Gasteiger partial charge on any atom is -0.387 e. The van der Waals surface area contributed by atoms with Gasteiger partial charge < -0.3 is 39.1 Å². The van der Waals surface area contributed by atoms with Gasteiger partial charge in [-0.3, -0.25) is 13.5 Å². The molecule has 3 aromatic rings. The molecule has 0 aliphatic carbocycles. The maximum atomic E-state index is 11.9. The number of benzene rings is 1. The highest BCUT2D eigenvalue weighted by Crippen LogP contribution is 2.55. The predicted molar refractivity (Wildman–Crippen MR) is 124 cm³/mol. The molecule has 0 bridgehead atoms. The summed E-state index contributed by atoms with van der Waals surface area (Å²) in [7, 11) is -7.58. The first kappa shape index (κ1) is 25.9. The second-order valence-corrected chi connectivity index (χ2v) is 12.3. The molecule has 2 unspecified atom stereocenters. The van der Waals surface area contributed by atoms with E-state index < -0.39 is 52.1 Å². The summed E-state index contributed by atoms with van der Waals surface area (Å²) in [6.07, 6.45) is -0.498. The Morgan fingerprint density at radius 2 is 1.83 bits per heavy atom. The second-order valence-electron chi connectivity index (χ2n) is 8.28. The topological polar surface area (TPSA) is 187 Å². The third-order valence-corrected chi connectivity index (χ3v) is 8.98. The average molecular weight is 528 g/mol. The lowest BCUT2D eigenvalue weighted by Gasteiger charge is -2.19. The molecule has 0 radical (unpaired) electrons. The van der Waals surface area contributed by atoms with Gasteiger partial charge in [-0.05, 0) is 5.56 Å². The van der Waals surface area contributed by atoms with Gasteiger partial charge in [-0.25, -0.2) is 9.97 Å². The van der Waals surface area contributed by atoms with Gasteiger partial charge >= 0.3 is 15.2 Å². The van der Waals surface area contributed by atoms with Crippen molar-refractivity contribution in [2.24, 2.45) is 0 Å². The average Bonchev–Trinajstić information content (AvgIpc) is 3.32. The van der Waals surface area contributed by atoms with Crippen LogP contribution in [-0.4, -0.2) is 77.1 Å². The summed E-state index contributed by atoms with van der Waals surface area (Å²) in [6, 6.07) is 9.80. The summed E-state index contributed by atoms with van der Waals surface area (Å²) < 4.78 is 35.1. The first-order valence-electron chi connectivity index (χ1n) is 10.5. The van der Waals surface area contributed by atoms with E-state index in [0.29, 0.717) is 23.7 Å². The van der Waals surface area contributed by atoms with Crippen LogP contribution in [-0.2, 0) is 24.9 Å². The van der Waals surface area contributed by atoms with Crippen molar-refractivity contribution in [2.75, 3.05) is 24.5 Å². The molecule has 13 nitrogen and oxygen atoms in total. The molecule has 15 heteroatoms. The van der Waals surface area contributed by atoms with Crippen LogP contribution in [0, 0.1) is 0 Å². The SMILES string of the molecule is CN(Cc1ccccc1)c1nccn2c(C3O[C@H](COP(=O)(O)CP(=O)(O)O)[C@@H](O)[C@H]3O)cnc12. The van der Waals surface area contributed by atoms with Crippen molar-refractivity contribution in [3.63, 3.8) is 0 Å². The largest absolute Gasteiger partial charge is 0.387 e. The normalized spacial score (nSPS) is 24.5. The van der Waals surface area contributed by atoms with Crippen LogP contribution in [0.3, 0.4) is 0 Å². The number of hydrogen-bond acceptors (Lipinski definition) is 9. The van der Waals surface area contributed by atoms with Gasteiger partial charge in [0, 0.05) is 26.0 Å². The zero-order valence-electron chi connectivity index (χ0n) is 18.6. The van der Waals surface area contributed by atoms with E-state index in [1.165, 1.54) is 6.20 Å². The molecular weight excluding hydrogens is 502 g/mol. The monoisotopic (exact) mass is 528 g/mol. The smallest absolute Gasteiger partial charge is 0.340 e. The van der Waals surface area contributed by atoms with E-state index in [-0.39, 0.29) is 0 Å². The standard InChI is InChI=1S/C20H26N4O9P2/c1-23(10-13-5-3-2-4-6-13)19-20-22-9-14(24(20)8-7-21-19)18-17(26)16(25)15(33-18)11-32-35(30,31)12-34(27,28)29/h2-9,15-18,25-26H,10-12H2,1H3,(H,30,31)(H2,27,28,29)/t15-,16-,17-,18?/m1/s1. The Kier molecular flexibility index (Phi) is 7.44. The van der Waals surface area contributed by atoms with Crippen LogP contribution in [0.4, 0.5) is 5.82 Å². The molecule has 0 spiro atoms. The Balaban J connectivity index is 1.52. The van der Waals surface area contributed by atoms with Gasteiger partial charge in [0.25, 0.3) is 0 Å². The molecule has 190 valence electrons. The minimum absolute atomic E-state index is 0.410. The summed E-state index contributed by atoms with van der Waals surface area (Å²) >= 11 is 0. The highest BCUT2D eigenvalue weighted by molar-refractivity contribution is 7.70. The number of imidazole rings is 1. The fourth-order valence-corrected chi connectivity index (χ4v) is 6.50. The summed E-state index contributed by atoms with van der Waals surface area (Å²) in [5, 5.41) is 21.0. The highest BCUT2D eigenvalue weighted by atomic mass is 31.2. The van der Waals surface area contributed by atoms with Crippen molar-refractivity contribution < 1.29 is 43.3 Å². The number of aliphatic hydroxyl groups excluding tert-OH is 2. The van der Waals surface area contributed by atoms with Gasteiger partial charge in [0.05, 0.1) is 18.5 Å². The quantitative estimate of drug-likeness (QED) is 0.247. The molecule has 2 aromatic heterocycles. The van der Waals surface area contributed by atoms with E-state index in [1.54, 1.807) is 16.8 Å². The first-order valence-corrected chi connectivity index (χ1v) is 14.1. The molecule has 1 aliphatic rings. The molecule has 0 amide bonds. The van der Waals surface area contributed by atoms with Crippen LogP contribution in [0.1, 0.15) is 17.4 Å². The summed E-state index contributed by atoms with van der Waals surface area (Å²) in [4.78, 5) is 38.2. The molecule has 35 heavy (non-hydrogen) atoms.